The lowest BCUT2D eigenvalue weighted by atomic mass is 10.2. The summed E-state index contributed by atoms with van der Waals surface area (Å²) >= 11 is 5.92. The monoisotopic (exact) mass is 194 g/mol. The second-order valence-corrected chi connectivity index (χ2v) is 2.94. The molecule has 66 valence electrons. The largest absolute Gasteiger partial charge is 0.369 e. The summed E-state index contributed by atoms with van der Waals surface area (Å²) in [6, 6.07) is 1.80. The lowest BCUT2D eigenvalue weighted by Gasteiger charge is -1.98. The molecule has 2 rings (SSSR count). The molecule has 13 heavy (non-hydrogen) atoms. The van der Waals surface area contributed by atoms with E-state index in [1.54, 1.807) is 24.7 Å². The third kappa shape index (κ3) is 1.48. The Morgan fingerprint density at radius 1 is 1.38 bits per heavy atom. The summed E-state index contributed by atoms with van der Waals surface area (Å²) in [6.45, 7) is 0. The van der Waals surface area contributed by atoms with Crippen LogP contribution in [-0.2, 0) is 0 Å². The number of halogens is 1. The molecule has 0 fully saturated rings. The predicted octanol–water partition coefficient (Wildman–Crippen LogP) is 1.71. The molecule has 0 aliphatic carbocycles. The average Bonchev–Trinajstić information content (AvgIpc) is 2.53. The number of nitrogens with two attached hydrogens (primary N) is 1. The highest BCUT2D eigenvalue weighted by Gasteiger charge is 2.04. The van der Waals surface area contributed by atoms with Gasteiger partial charge in [-0.05, 0) is 6.07 Å². The highest BCUT2D eigenvalue weighted by molar-refractivity contribution is 6.33. The smallest absolute Gasteiger partial charge is 0.197 e. The number of hydrogen-bond acceptors (Lipinski definition) is 3. The van der Waals surface area contributed by atoms with Crippen LogP contribution < -0.4 is 5.73 Å². The van der Waals surface area contributed by atoms with Gasteiger partial charge < -0.3 is 10.7 Å². The van der Waals surface area contributed by atoms with E-state index >= 15 is 0 Å². The van der Waals surface area contributed by atoms with E-state index in [-0.39, 0.29) is 0 Å². The Hall–Kier alpha value is -1.55. The number of nitrogens with zero attached hydrogens (tertiary/aromatic N) is 2. The number of nitrogens with one attached hydrogen (secondary N) is 1. The topological polar surface area (TPSA) is 67.6 Å². The highest BCUT2D eigenvalue weighted by atomic mass is 35.5. The first-order valence-electron chi connectivity index (χ1n) is 3.68. The Morgan fingerprint density at radius 3 is 2.85 bits per heavy atom. The minimum absolute atomic E-state index is 0.378. The summed E-state index contributed by atoms with van der Waals surface area (Å²) in [5.41, 5.74) is 7.08. The molecule has 5 heteroatoms. The van der Waals surface area contributed by atoms with Gasteiger partial charge in [-0.1, -0.05) is 11.6 Å². The molecule has 0 radical (unpaired) electrons. The van der Waals surface area contributed by atoms with Crippen LogP contribution in [0.3, 0.4) is 0 Å². The fourth-order valence-corrected chi connectivity index (χ4v) is 1.29. The second kappa shape index (κ2) is 3.06. The van der Waals surface area contributed by atoms with Crippen LogP contribution in [0.4, 0.5) is 5.95 Å². The van der Waals surface area contributed by atoms with E-state index in [0.717, 1.165) is 11.3 Å². The zero-order valence-corrected chi connectivity index (χ0v) is 7.42. The summed E-state index contributed by atoms with van der Waals surface area (Å²) in [4.78, 5) is 10.6. The third-order valence-electron chi connectivity index (χ3n) is 1.66. The summed E-state index contributed by atoms with van der Waals surface area (Å²) in [7, 11) is 0. The first-order chi connectivity index (χ1) is 6.27. The van der Waals surface area contributed by atoms with Crippen molar-refractivity contribution in [2.45, 2.75) is 0 Å². The summed E-state index contributed by atoms with van der Waals surface area (Å²) in [6.07, 6.45) is 4.88. The molecule has 0 aromatic carbocycles. The summed E-state index contributed by atoms with van der Waals surface area (Å²) in [5.74, 6) is 0.378. The van der Waals surface area contributed by atoms with Gasteiger partial charge in [0.25, 0.3) is 0 Å². The van der Waals surface area contributed by atoms with Gasteiger partial charge >= 0.3 is 0 Å². The minimum Gasteiger partial charge on any atom is -0.369 e. The van der Waals surface area contributed by atoms with Gasteiger partial charge in [0.1, 0.15) is 0 Å². The Bertz CT molecular complexity index is 424. The zero-order chi connectivity index (χ0) is 9.26. The van der Waals surface area contributed by atoms with Crippen molar-refractivity contribution >= 4 is 17.5 Å². The Morgan fingerprint density at radius 2 is 2.23 bits per heavy atom. The average molecular weight is 195 g/mol. The SMILES string of the molecule is Nc1ncc(-c2ccncc2Cl)[nH]1. The Kier molecular flexibility index (Phi) is 1.90. The molecule has 0 spiro atoms. The van der Waals surface area contributed by atoms with Gasteiger partial charge in [-0.25, -0.2) is 4.98 Å². The van der Waals surface area contributed by atoms with Crippen LogP contribution in [0.1, 0.15) is 0 Å². The van der Waals surface area contributed by atoms with E-state index in [2.05, 4.69) is 15.0 Å². The lowest BCUT2D eigenvalue weighted by molar-refractivity contribution is 1.30. The number of imidazole rings is 1. The van der Waals surface area contributed by atoms with Crippen molar-refractivity contribution in [3.05, 3.63) is 29.7 Å². The standard InChI is InChI=1S/C8H7ClN4/c9-6-3-11-2-1-5(6)7-4-12-8(10)13-7/h1-4H,(H3,10,12,13). The molecule has 4 nitrogen and oxygen atoms in total. The van der Waals surface area contributed by atoms with Crippen molar-refractivity contribution in [3.8, 4) is 11.3 Å². The van der Waals surface area contributed by atoms with Crippen LogP contribution in [0.2, 0.25) is 5.02 Å². The fourth-order valence-electron chi connectivity index (χ4n) is 1.07. The molecule has 0 bridgehead atoms. The van der Waals surface area contributed by atoms with E-state index in [4.69, 9.17) is 17.3 Å². The molecule has 0 amide bonds. The van der Waals surface area contributed by atoms with Crippen LogP contribution in [0.15, 0.2) is 24.7 Å². The van der Waals surface area contributed by atoms with E-state index in [9.17, 15) is 0 Å². The zero-order valence-electron chi connectivity index (χ0n) is 6.66. The molecule has 0 aliphatic heterocycles. The van der Waals surface area contributed by atoms with E-state index in [1.807, 2.05) is 0 Å². The number of anilines is 1. The van der Waals surface area contributed by atoms with Crippen molar-refractivity contribution in [1.82, 2.24) is 15.0 Å². The molecular formula is C8H7ClN4. The molecule has 3 N–H and O–H groups in total. The number of H-pyrrole nitrogens is 1. The van der Waals surface area contributed by atoms with Gasteiger partial charge in [0.05, 0.1) is 16.9 Å². The number of pyridine rings is 1. The summed E-state index contributed by atoms with van der Waals surface area (Å²) in [5, 5.41) is 0.575. The van der Waals surface area contributed by atoms with Crippen molar-refractivity contribution in [2.75, 3.05) is 5.73 Å². The van der Waals surface area contributed by atoms with E-state index in [0.29, 0.717) is 11.0 Å². The molecule has 0 atom stereocenters. The van der Waals surface area contributed by atoms with Gasteiger partial charge in [-0.15, -0.1) is 0 Å². The normalized spacial score (nSPS) is 10.2. The van der Waals surface area contributed by atoms with Crippen LogP contribution >= 0.6 is 11.6 Å². The maximum absolute atomic E-state index is 5.92. The van der Waals surface area contributed by atoms with Crippen LogP contribution in [-0.4, -0.2) is 15.0 Å². The molecular weight excluding hydrogens is 188 g/mol. The van der Waals surface area contributed by atoms with Gasteiger partial charge in [0.15, 0.2) is 5.95 Å². The Labute approximate surface area is 79.8 Å². The Balaban J connectivity index is 2.52. The minimum atomic E-state index is 0.378. The molecule has 0 aliphatic rings. The highest BCUT2D eigenvalue weighted by Crippen LogP contribution is 2.24. The molecule has 2 heterocycles. The van der Waals surface area contributed by atoms with Gasteiger partial charge in [0.2, 0.25) is 0 Å². The van der Waals surface area contributed by atoms with Crippen molar-refractivity contribution in [2.24, 2.45) is 0 Å². The predicted molar refractivity (Wildman–Crippen MR) is 51.2 cm³/mol. The maximum Gasteiger partial charge on any atom is 0.197 e. The van der Waals surface area contributed by atoms with Crippen LogP contribution in [0.25, 0.3) is 11.3 Å². The number of rotatable bonds is 1. The van der Waals surface area contributed by atoms with Crippen molar-refractivity contribution in [3.63, 3.8) is 0 Å². The van der Waals surface area contributed by atoms with Gasteiger partial charge in [-0.3, -0.25) is 4.98 Å². The fraction of sp³-hybridized carbons (Fsp3) is 0. The van der Waals surface area contributed by atoms with Crippen LogP contribution in [0.5, 0.6) is 0 Å². The van der Waals surface area contributed by atoms with Gasteiger partial charge in [0, 0.05) is 18.0 Å². The van der Waals surface area contributed by atoms with E-state index in [1.165, 1.54) is 0 Å². The third-order valence-corrected chi connectivity index (χ3v) is 1.96. The molecule has 2 aromatic rings. The molecule has 0 saturated heterocycles. The van der Waals surface area contributed by atoms with Crippen LogP contribution in [0, 0.1) is 0 Å². The van der Waals surface area contributed by atoms with Crippen molar-refractivity contribution in [1.29, 1.82) is 0 Å². The van der Waals surface area contributed by atoms with Gasteiger partial charge in [-0.2, -0.15) is 0 Å². The first-order valence-corrected chi connectivity index (χ1v) is 4.05. The lowest BCUT2D eigenvalue weighted by Crippen LogP contribution is -1.86. The van der Waals surface area contributed by atoms with E-state index < -0.39 is 0 Å². The number of hydrogen-bond donors (Lipinski definition) is 2. The second-order valence-electron chi connectivity index (χ2n) is 2.54. The van der Waals surface area contributed by atoms with Crippen molar-refractivity contribution < 1.29 is 0 Å². The molecule has 0 unspecified atom stereocenters. The molecule has 2 aromatic heterocycles. The number of nitrogen functional groups attached to an aromatic ring is 1. The number of aromatic amines is 1. The first kappa shape index (κ1) is 8.07. The quantitative estimate of drug-likeness (QED) is 0.726. The maximum atomic E-state index is 5.92. The molecule has 0 saturated carbocycles. The number of aromatic nitrogens is 3. The summed E-state index contributed by atoms with van der Waals surface area (Å²) < 4.78 is 0.